The lowest BCUT2D eigenvalue weighted by Crippen LogP contribution is -2.38. The monoisotopic (exact) mass is 782 g/mol. The highest BCUT2D eigenvalue weighted by Gasteiger charge is 2.31. The van der Waals surface area contributed by atoms with Gasteiger partial charge in [0.25, 0.3) is 17.5 Å². The first-order valence-corrected chi connectivity index (χ1v) is 16.7. The van der Waals surface area contributed by atoms with Gasteiger partial charge in [-0.05, 0) is 36.4 Å². The van der Waals surface area contributed by atoms with E-state index in [0.717, 1.165) is 36.4 Å². The van der Waals surface area contributed by atoms with Crippen molar-refractivity contribution in [2.24, 2.45) is 0 Å². The molecule has 0 spiro atoms. The predicted octanol–water partition coefficient (Wildman–Crippen LogP) is 5.43. The molecule has 20 heteroatoms. The van der Waals surface area contributed by atoms with E-state index in [2.05, 4.69) is 31.9 Å². The molecule has 4 aromatic rings. The van der Waals surface area contributed by atoms with Crippen LogP contribution >= 0.6 is 0 Å². The summed E-state index contributed by atoms with van der Waals surface area (Å²) in [7, 11) is 2.92. The highest BCUT2D eigenvalue weighted by Crippen LogP contribution is 2.39. The number of hydrogen-bond donors (Lipinski definition) is 7. The number of nitro groups is 1. The number of hydrogen-bond acceptors (Lipinski definition) is 9. The van der Waals surface area contributed by atoms with Gasteiger partial charge in [0.15, 0.2) is 23.3 Å². The Morgan fingerprint density at radius 1 is 0.679 bits per heavy atom. The van der Waals surface area contributed by atoms with Gasteiger partial charge in [0.2, 0.25) is 0 Å². The first-order chi connectivity index (χ1) is 26.7. The lowest BCUT2D eigenvalue weighted by atomic mass is 9.96. The summed E-state index contributed by atoms with van der Waals surface area (Å²) in [6, 6.07) is 9.25. The molecule has 0 unspecified atom stereocenters. The third-order valence-corrected chi connectivity index (χ3v) is 8.42. The van der Waals surface area contributed by atoms with Gasteiger partial charge in [-0.2, -0.15) is 0 Å². The Balaban J connectivity index is 0.000000215. The molecule has 0 fully saturated rings. The average molecular weight is 783 g/mol. The zero-order valence-electron chi connectivity index (χ0n) is 29.6. The van der Waals surface area contributed by atoms with Crippen LogP contribution in [0.1, 0.15) is 56.8 Å². The van der Waals surface area contributed by atoms with E-state index >= 15 is 0 Å². The number of nitrogens with one attached hydrogen (secondary N) is 6. The highest BCUT2D eigenvalue weighted by atomic mass is 19.2. The molecule has 2 atom stereocenters. The average Bonchev–Trinajstić information content (AvgIpc) is 3.17. The number of halogens is 4. The van der Waals surface area contributed by atoms with Gasteiger partial charge in [0.1, 0.15) is 11.5 Å². The number of nitrogen functional groups attached to an aromatic ring is 1. The number of anilines is 3. The van der Waals surface area contributed by atoms with Crippen LogP contribution in [0.2, 0.25) is 0 Å². The standard InChI is InChI=1S/C18H16F2N4O5.C18H18F2N4O3/c1-21-18(26)23-15-4-5-29-16-11(15)7-10(24(27)28)8-12(16)17(25)22-9-2-3-13(19)14(20)6-9;1-22-18(26)24-15-4-5-27-16-11(15)6-9(21)7-12(16)17(25)23-10-2-3-13(19)14(20)8-10/h2-3,6-8,15H,4-5H2,1H3,(H,22,25)(H2,21,23,26);2-3,6-8,15H,4-5,21H2,1H3,(H,23,25)(H2,22,24,26)/t2*15-/m00/s1. The molecular formula is C36H34F4N8O8. The summed E-state index contributed by atoms with van der Waals surface area (Å²) in [5.41, 5.74) is 6.70. The van der Waals surface area contributed by atoms with Crippen LogP contribution in [-0.2, 0) is 0 Å². The SMILES string of the molecule is CNC(=O)N[C@H]1CCOc2c(C(=O)Nc3ccc(F)c(F)c3)cc(N)cc21.CNC(=O)N[C@H]1CCOc2c(C(=O)Nc3ccc(F)c(F)c3)cc([N+](=O)[O-])cc21. The molecule has 6 amide bonds. The number of ether oxygens (including phenoxy) is 2. The molecule has 0 bridgehead atoms. The maximum Gasteiger partial charge on any atom is 0.315 e. The molecule has 294 valence electrons. The van der Waals surface area contributed by atoms with E-state index in [4.69, 9.17) is 15.2 Å². The second-order valence-electron chi connectivity index (χ2n) is 12.1. The molecule has 8 N–H and O–H groups in total. The predicted molar refractivity (Wildman–Crippen MR) is 193 cm³/mol. The molecule has 0 saturated carbocycles. The Morgan fingerprint density at radius 3 is 1.55 bits per heavy atom. The number of carbonyl (C=O) groups excluding carboxylic acids is 4. The van der Waals surface area contributed by atoms with Crippen LogP contribution in [0.3, 0.4) is 0 Å². The number of urea groups is 2. The lowest BCUT2D eigenvalue weighted by molar-refractivity contribution is -0.385. The second-order valence-corrected chi connectivity index (χ2v) is 12.1. The van der Waals surface area contributed by atoms with Gasteiger partial charge < -0.3 is 47.1 Å². The van der Waals surface area contributed by atoms with Gasteiger partial charge in [-0.15, -0.1) is 0 Å². The van der Waals surface area contributed by atoms with Gasteiger partial charge in [0.05, 0.1) is 41.3 Å². The summed E-state index contributed by atoms with van der Waals surface area (Å²) in [6.07, 6.45) is 0.847. The largest absolute Gasteiger partial charge is 0.492 e. The van der Waals surface area contributed by atoms with E-state index in [1.54, 1.807) is 6.07 Å². The molecule has 2 aliphatic rings. The van der Waals surface area contributed by atoms with Crippen LogP contribution in [0.5, 0.6) is 11.5 Å². The number of benzene rings is 4. The van der Waals surface area contributed by atoms with Gasteiger partial charge in [-0.3, -0.25) is 19.7 Å². The molecule has 0 aliphatic carbocycles. The molecule has 16 nitrogen and oxygen atoms in total. The molecular weight excluding hydrogens is 748 g/mol. The zero-order chi connectivity index (χ0) is 40.7. The summed E-state index contributed by atoms with van der Waals surface area (Å²) in [5, 5.41) is 26.5. The molecule has 2 heterocycles. The number of carbonyl (C=O) groups is 4. The van der Waals surface area contributed by atoms with E-state index < -0.39 is 52.1 Å². The second kappa shape index (κ2) is 17.3. The Labute approximate surface area is 315 Å². The Kier molecular flexibility index (Phi) is 12.4. The van der Waals surface area contributed by atoms with Crippen molar-refractivity contribution < 1.29 is 51.1 Å². The van der Waals surface area contributed by atoms with Crippen molar-refractivity contribution in [2.45, 2.75) is 24.9 Å². The first-order valence-electron chi connectivity index (χ1n) is 16.7. The Morgan fingerprint density at radius 2 is 1.12 bits per heavy atom. The number of fused-ring (bicyclic) bond motifs is 2. The van der Waals surface area contributed by atoms with Crippen LogP contribution in [-0.4, -0.2) is 56.1 Å². The van der Waals surface area contributed by atoms with Crippen molar-refractivity contribution in [1.82, 2.24) is 21.3 Å². The minimum Gasteiger partial charge on any atom is -0.492 e. The lowest BCUT2D eigenvalue weighted by Gasteiger charge is -2.28. The van der Waals surface area contributed by atoms with Gasteiger partial charge in [-0.25, -0.2) is 27.2 Å². The van der Waals surface area contributed by atoms with Crippen molar-refractivity contribution in [3.05, 3.63) is 116 Å². The number of rotatable bonds is 7. The van der Waals surface area contributed by atoms with Crippen LogP contribution in [0, 0.1) is 33.4 Å². The maximum absolute atomic E-state index is 13.4. The van der Waals surface area contributed by atoms with Gasteiger partial charge in [-0.1, -0.05) is 0 Å². The Hall–Kier alpha value is -7.12. The van der Waals surface area contributed by atoms with Gasteiger partial charge >= 0.3 is 12.1 Å². The molecule has 0 saturated heterocycles. The van der Waals surface area contributed by atoms with E-state index in [-0.39, 0.29) is 70.5 Å². The topological polar surface area (TPSA) is 228 Å². The molecule has 0 aromatic heterocycles. The van der Waals surface area contributed by atoms with Crippen molar-refractivity contribution in [3.8, 4) is 11.5 Å². The molecule has 56 heavy (non-hydrogen) atoms. The number of amides is 6. The van der Waals surface area contributed by atoms with Crippen molar-refractivity contribution in [2.75, 3.05) is 43.7 Å². The van der Waals surface area contributed by atoms with Gasteiger partial charge in [0, 0.05) is 79.4 Å². The Bertz CT molecular complexity index is 2210. The van der Waals surface area contributed by atoms with Crippen LogP contribution in [0.15, 0.2) is 60.7 Å². The molecule has 0 radical (unpaired) electrons. The van der Waals surface area contributed by atoms with E-state index in [1.165, 1.54) is 32.3 Å². The summed E-state index contributed by atoms with van der Waals surface area (Å²) >= 11 is 0. The number of nitro benzene ring substituents is 1. The number of nitrogens with two attached hydrogens (primary N) is 1. The summed E-state index contributed by atoms with van der Waals surface area (Å²) < 4.78 is 64.1. The van der Waals surface area contributed by atoms with Crippen molar-refractivity contribution >= 4 is 46.6 Å². The summed E-state index contributed by atoms with van der Waals surface area (Å²) in [4.78, 5) is 59.4. The number of non-ortho nitro benzene ring substituents is 1. The van der Waals surface area contributed by atoms with Crippen molar-refractivity contribution in [3.63, 3.8) is 0 Å². The minimum absolute atomic E-state index is 0.0370. The normalized spacial score (nSPS) is 15.1. The van der Waals surface area contributed by atoms with E-state index in [0.29, 0.717) is 24.1 Å². The molecule has 6 rings (SSSR count). The molecule has 4 aromatic carbocycles. The molecule has 2 aliphatic heterocycles. The zero-order valence-corrected chi connectivity index (χ0v) is 29.6. The third-order valence-electron chi connectivity index (χ3n) is 8.42. The van der Waals surface area contributed by atoms with E-state index in [9.17, 15) is 46.9 Å². The van der Waals surface area contributed by atoms with Crippen LogP contribution in [0.25, 0.3) is 0 Å². The summed E-state index contributed by atoms with van der Waals surface area (Å²) in [5.74, 6) is -5.37. The van der Waals surface area contributed by atoms with Crippen molar-refractivity contribution in [1.29, 1.82) is 0 Å². The van der Waals surface area contributed by atoms with Crippen LogP contribution in [0.4, 0.5) is 49.9 Å². The fraction of sp³-hybridized carbons (Fsp3) is 0.222. The van der Waals surface area contributed by atoms with Crippen LogP contribution < -0.4 is 47.1 Å². The van der Waals surface area contributed by atoms with E-state index in [1.807, 2.05) is 0 Å². The smallest absolute Gasteiger partial charge is 0.315 e. The quantitative estimate of drug-likeness (QED) is 0.0548. The maximum atomic E-state index is 13.4. The third kappa shape index (κ3) is 9.32. The number of nitrogens with zero attached hydrogens (tertiary/aromatic N) is 1. The fourth-order valence-corrected chi connectivity index (χ4v) is 5.77. The first kappa shape index (κ1) is 40.1. The highest BCUT2D eigenvalue weighted by molar-refractivity contribution is 6.08. The summed E-state index contributed by atoms with van der Waals surface area (Å²) in [6.45, 7) is 0.446. The fourth-order valence-electron chi connectivity index (χ4n) is 5.77. The minimum atomic E-state index is -1.16.